The number of oxazole rings is 1. The Labute approximate surface area is 150 Å². The molecule has 0 atom stereocenters. The molecule has 0 amide bonds. The number of rotatable bonds is 8. The van der Waals surface area contributed by atoms with E-state index in [1.54, 1.807) is 23.8 Å². The fourth-order valence-corrected chi connectivity index (χ4v) is 2.93. The van der Waals surface area contributed by atoms with Crippen molar-refractivity contribution in [1.82, 2.24) is 25.4 Å². The monoisotopic (exact) mass is 358 g/mol. The van der Waals surface area contributed by atoms with Crippen LogP contribution in [-0.2, 0) is 13.1 Å². The van der Waals surface area contributed by atoms with Gasteiger partial charge in [0.1, 0.15) is 12.0 Å². The molecule has 0 aliphatic heterocycles. The molecule has 0 bridgehead atoms. The summed E-state index contributed by atoms with van der Waals surface area (Å²) < 4.78 is 7.44. The van der Waals surface area contributed by atoms with E-state index in [4.69, 9.17) is 4.42 Å². The third kappa shape index (κ3) is 5.18. The van der Waals surface area contributed by atoms with Crippen molar-refractivity contribution in [3.8, 4) is 10.8 Å². The summed E-state index contributed by atoms with van der Waals surface area (Å²) >= 11 is 1.61. The number of guanidine groups is 1. The Morgan fingerprint density at radius 2 is 2.32 bits per heavy atom. The number of nitrogens with zero attached hydrogens (tertiary/aromatic N) is 4. The lowest BCUT2D eigenvalue weighted by Gasteiger charge is -2.10. The summed E-state index contributed by atoms with van der Waals surface area (Å²) in [5.41, 5.74) is 0.817. The van der Waals surface area contributed by atoms with Crippen LogP contribution in [0.3, 0.4) is 0 Å². The average Bonchev–Trinajstić information content (AvgIpc) is 3.38. The van der Waals surface area contributed by atoms with Crippen LogP contribution in [0.4, 0.5) is 0 Å². The number of aryl methyl sites for hydroxylation is 1. The van der Waals surface area contributed by atoms with E-state index < -0.39 is 0 Å². The van der Waals surface area contributed by atoms with Gasteiger partial charge in [0.2, 0.25) is 5.89 Å². The molecule has 2 N–H and O–H groups in total. The van der Waals surface area contributed by atoms with Crippen LogP contribution >= 0.6 is 11.3 Å². The van der Waals surface area contributed by atoms with Crippen LogP contribution in [0.2, 0.25) is 0 Å². The van der Waals surface area contributed by atoms with Crippen LogP contribution in [-0.4, -0.2) is 33.8 Å². The molecule has 0 aromatic carbocycles. The number of hydrogen-bond donors (Lipinski definition) is 2. The van der Waals surface area contributed by atoms with Crippen LogP contribution in [0.1, 0.15) is 19.0 Å². The van der Waals surface area contributed by atoms with Crippen molar-refractivity contribution in [3.05, 3.63) is 47.9 Å². The standard InChI is InChI=1S/C17H22N6OS/c1-2-18-17(19-7-4-9-23-10-5-8-21-23)20-12-14-13-24-16(22-14)15-6-3-11-25-15/h3,5-6,8,10-11,13H,2,4,7,9,12H2,1H3,(H2,18,19,20). The lowest BCUT2D eigenvalue weighted by atomic mass is 10.4. The van der Waals surface area contributed by atoms with Gasteiger partial charge in [-0.25, -0.2) is 9.98 Å². The van der Waals surface area contributed by atoms with E-state index in [-0.39, 0.29) is 0 Å². The first-order valence-corrected chi connectivity index (χ1v) is 9.21. The third-order valence-corrected chi connectivity index (χ3v) is 4.30. The minimum Gasteiger partial charge on any atom is -0.443 e. The van der Waals surface area contributed by atoms with Gasteiger partial charge in [0.25, 0.3) is 0 Å². The highest BCUT2D eigenvalue weighted by molar-refractivity contribution is 7.13. The summed E-state index contributed by atoms with van der Waals surface area (Å²) in [7, 11) is 0. The Morgan fingerprint density at radius 1 is 1.36 bits per heavy atom. The van der Waals surface area contributed by atoms with Gasteiger partial charge in [-0.05, 0) is 30.9 Å². The Morgan fingerprint density at radius 3 is 3.08 bits per heavy atom. The molecule has 0 saturated carbocycles. The first-order valence-electron chi connectivity index (χ1n) is 8.33. The summed E-state index contributed by atoms with van der Waals surface area (Å²) in [5.74, 6) is 1.43. The van der Waals surface area contributed by atoms with Crippen molar-refractivity contribution in [2.24, 2.45) is 4.99 Å². The van der Waals surface area contributed by atoms with Crippen LogP contribution < -0.4 is 10.6 Å². The van der Waals surface area contributed by atoms with Crippen molar-refractivity contribution in [1.29, 1.82) is 0 Å². The number of nitrogens with one attached hydrogen (secondary N) is 2. The molecular weight excluding hydrogens is 336 g/mol. The van der Waals surface area contributed by atoms with Crippen LogP contribution in [0.5, 0.6) is 0 Å². The molecule has 0 unspecified atom stereocenters. The third-order valence-electron chi connectivity index (χ3n) is 3.44. The van der Waals surface area contributed by atoms with Crippen molar-refractivity contribution >= 4 is 17.3 Å². The lowest BCUT2D eigenvalue weighted by molar-refractivity contribution is 0.570. The predicted molar refractivity (Wildman–Crippen MR) is 99.5 cm³/mol. The van der Waals surface area contributed by atoms with E-state index in [0.29, 0.717) is 12.4 Å². The van der Waals surface area contributed by atoms with Crippen molar-refractivity contribution < 1.29 is 4.42 Å². The second-order valence-corrected chi connectivity index (χ2v) is 6.31. The average molecular weight is 358 g/mol. The van der Waals surface area contributed by atoms with Gasteiger partial charge in [0.05, 0.1) is 11.4 Å². The molecule has 0 saturated heterocycles. The maximum absolute atomic E-state index is 5.52. The minimum absolute atomic E-state index is 0.476. The van der Waals surface area contributed by atoms with Crippen molar-refractivity contribution in [2.75, 3.05) is 13.1 Å². The highest BCUT2D eigenvalue weighted by atomic mass is 32.1. The molecule has 132 valence electrons. The molecule has 3 heterocycles. The number of hydrogen-bond acceptors (Lipinski definition) is 5. The Hall–Kier alpha value is -2.61. The van der Waals surface area contributed by atoms with Crippen LogP contribution in [0, 0.1) is 0 Å². The topological polar surface area (TPSA) is 80.3 Å². The molecule has 3 rings (SSSR count). The summed E-state index contributed by atoms with van der Waals surface area (Å²) in [6.07, 6.45) is 6.40. The van der Waals surface area contributed by atoms with Gasteiger partial charge in [-0.1, -0.05) is 6.07 Å². The minimum atomic E-state index is 0.476. The zero-order valence-electron chi connectivity index (χ0n) is 14.2. The van der Waals surface area contributed by atoms with Crippen molar-refractivity contribution in [2.45, 2.75) is 26.4 Å². The Kier molecular flexibility index (Phi) is 6.22. The number of thiophene rings is 1. The van der Waals surface area contributed by atoms with E-state index in [2.05, 4.69) is 25.7 Å². The second kappa shape index (κ2) is 9.03. The molecule has 0 radical (unpaired) electrons. The van der Waals surface area contributed by atoms with Gasteiger partial charge < -0.3 is 15.1 Å². The molecule has 3 aromatic heterocycles. The van der Waals surface area contributed by atoms with Gasteiger partial charge in [-0.2, -0.15) is 5.10 Å². The van der Waals surface area contributed by atoms with E-state index in [9.17, 15) is 0 Å². The zero-order chi connectivity index (χ0) is 17.3. The summed E-state index contributed by atoms with van der Waals surface area (Å²) in [6, 6.07) is 5.91. The summed E-state index contributed by atoms with van der Waals surface area (Å²) in [6.45, 7) is 5.04. The summed E-state index contributed by atoms with van der Waals surface area (Å²) in [5, 5.41) is 12.8. The van der Waals surface area contributed by atoms with Gasteiger partial charge in [0, 0.05) is 32.0 Å². The zero-order valence-corrected chi connectivity index (χ0v) is 15.0. The maximum atomic E-state index is 5.52. The smallest absolute Gasteiger partial charge is 0.236 e. The largest absolute Gasteiger partial charge is 0.443 e. The maximum Gasteiger partial charge on any atom is 0.236 e. The molecule has 25 heavy (non-hydrogen) atoms. The van der Waals surface area contributed by atoms with E-state index in [1.807, 2.05) is 41.4 Å². The van der Waals surface area contributed by atoms with Gasteiger partial charge in [-0.3, -0.25) is 4.68 Å². The molecule has 3 aromatic rings. The molecule has 7 nitrogen and oxygen atoms in total. The molecule has 0 aliphatic rings. The quantitative estimate of drug-likeness (QED) is 0.368. The van der Waals surface area contributed by atoms with Crippen LogP contribution in [0.15, 0.2) is 51.6 Å². The van der Waals surface area contributed by atoms with E-state index in [1.165, 1.54) is 0 Å². The first kappa shape index (κ1) is 17.2. The summed E-state index contributed by atoms with van der Waals surface area (Å²) in [4.78, 5) is 10.1. The Balaban J connectivity index is 1.49. The molecule has 0 fully saturated rings. The predicted octanol–water partition coefficient (Wildman–Crippen LogP) is 2.75. The number of aromatic nitrogens is 3. The highest BCUT2D eigenvalue weighted by Crippen LogP contribution is 2.23. The van der Waals surface area contributed by atoms with E-state index >= 15 is 0 Å². The molecule has 0 aliphatic carbocycles. The normalized spacial score (nSPS) is 11.6. The van der Waals surface area contributed by atoms with Gasteiger partial charge in [-0.15, -0.1) is 11.3 Å². The number of aliphatic imine (C=N–C) groups is 1. The van der Waals surface area contributed by atoms with Crippen LogP contribution in [0.25, 0.3) is 10.8 Å². The Bertz CT molecular complexity index is 763. The molecule has 8 heteroatoms. The SMILES string of the molecule is CCNC(=NCc1coc(-c2cccs2)n1)NCCCn1cccn1. The fourth-order valence-electron chi connectivity index (χ4n) is 2.28. The molecule has 0 spiro atoms. The first-order chi connectivity index (χ1) is 12.3. The fraction of sp³-hybridized carbons (Fsp3) is 0.353. The lowest BCUT2D eigenvalue weighted by Crippen LogP contribution is -2.38. The molecular formula is C17H22N6OS. The van der Waals surface area contributed by atoms with Crippen molar-refractivity contribution in [3.63, 3.8) is 0 Å². The van der Waals surface area contributed by atoms with Gasteiger partial charge in [0.15, 0.2) is 5.96 Å². The second-order valence-electron chi connectivity index (χ2n) is 5.37. The highest BCUT2D eigenvalue weighted by Gasteiger charge is 2.07. The van der Waals surface area contributed by atoms with E-state index in [0.717, 1.165) is 42.6 Å². The van der Waals surface area contributed by atoms with Gasteiger partial charge >= 0.3 is 0 Å².